The Kier molecular flexibility index (Phi) is 4.60. The smallest absolute Gasteiger partial charge is 0.291 e. The molecular weight excluding hydrogens is 359 g/mol. The molecule has 0 saturated heterocycles. The number of fused-ring (bicyclic) bond motifs is 1. The van der Waals surface area contributed by atoms with Gasteiger partial charge in [-0.1, -0.05) is 30.3 Å². The highest BCUT2D eigenvalue weighted by Crippen LogP contribution is 2.21. The maximum absolute atomic E-state index is 13.7. The maximum Gasteiger partial charge on any atom is 0.291 e. The summed E-state index contributed by atoms with van der Waals surface area (Å²) in [7, 11) is 0. The van der Waals surface area contributed by atoms with E-state index in [2.05, 4.69) is 10.6 Å². The Morgan fingerprint density at radius 3 is 2.04 bits per heavy atom. The van der Waals surface area contributed by atoms with Gasteiger partial charge >= 0.3 is 0 Å². The molecule has 6 heteroatoms. The summed E-state index contributed by atoms with van der Waals surface area (Å²) < 4.78 is 19.2. The second-order valence-electron chi connectivity index (χ2n) is 6.11. The Morgan fingerprint density at radius 1 is 0.750 bits per heavy atom. The Labute approximate surface area is 159 Å². The van der Waals surface area contributed by atoms with E-state index in [0.29, 0.717) is 17.0 Å². The Balaban J connectivity index is 1.43. The molecule has 1 aromatic heterocycles. The number of benzene rings is 3. The predicted molar refractivity (Wildman–Crippen MR) is 105 cm³/mol. The molecule has 0 saturated carbocycles. The molecule has 4 aromatic rings. The van der Waals surface area contributed by atoms with Crippen molar-refractivity contribution in [2.24, 2.45) is 0 Å². The van der Waals surface area contributed by atoms with Crippen LogP contribution in [-0.2, 0) is 0 Å². The summed E-state index contributed by atoms with van der Waals surface area (Å²) in [5.41, 5.74) is 1.62. The Morgan fingerprint density at radius 2 is 1.36 bits per heavy atom. The Bertz CT molecular complexity index is 1130. The lowest BCUT2D eigenvalue weighted by molar-refractivity contribution is 0.0996. The highest BCUT2D eigenvalue weighted by atomic mass is 19.1. The molecule has 0 bridgehead atoms. The largest absolute Gasteiger partial charge is 0.451 e. The lowest BCUT2D eigenvalue weighted by Crippen LogP contribution is -2.14. The summed E-state index contributed by atoms with van der Waals surface area (Å²) in [6, 6.07) is 21.3. The summed E-state index contributed by atoms with van der Waals surface area (Å²) in [4.78, 5) is 24.5. The molecule has 0 fully saturated rings. The number of rotatable bonds is 4. The van der Waals surface area contributed by atoms with Gasteiger partial charge in [-0.15, -0.1) is 0 Å². The number of hydrogen-bond acceptors (Lipinski definition) is 3. The molecule has 0 aliphatic carbocycles. The van der Waals surface area contributed by atoms with Gasteiger partial charge in [0.25, 0.3) is 11.8 Å². The van der Waals surface area contributed by atoms with Crippen LogP contribution in [0.1, 0.15) is 20.9 Å². The van der Waals surface area contributed by atoms with Crippen LogP contribution in [0, 0.1) is 5.82 Å². The van der Waals surface area contributed by atoms with Crippen LogP contribution in [0.25, 0.3) is 11.0 Å². The lowest BCUT2D eigenvalue weighted by atomic mass is 10.2. The first-order chi connectivity index (χ1) is 13.6. The fourth-order valence-corrected chi connectivity index (χ4v) is 2.77. The maximum atomic E-state index is 13.7. The molecule has 138 valence electrons. The summed E-state index contributed by atoms with van der Waals surface area (Å²) in [6.07, 6.45) is 0. The van der Waals surface area contributed by atoms with Gasteiger partial charge in [0.15, 0.2) is 5.76 Å². The molecule has 2 N–H and O–H groups in total. The van der Waals surface area contributed by atoms with Gasteiger partial charge in [-0.05, 0) is 48.5 Å². The molecule has 0 unspecified atom stereocenters. The van der Waals surface area contributed by atoms with E-state index in [1.165, 1.54) is 18.2 Å². The molecule has 0 aliphatic rings. The summed E-state index contributed by atoms with van der Waals surface area (Å²) >= 11 is 0. The van der Waals surface area contributed by atoms with Crippen molar-refractivity contribution < 1.29 is 18.4 Å². The van der Waals surface area contributed by atoms with Gasteiger partial charge in [-0.2, -0.15) is 0 Å². The third-order valence-corrected chi connectivity index (χ3v) is 4.17. The van der Waals surface area contributed by atoms with Crippen molar-refractivity contribution in [3.63, 3.8) is 0 Å². The molecule has 1 heterocycles. The minimum absolute atomic E-state index is 0.0373. The third-order valence-electron chi connectivity index (χ3n) is 4.17. The van der Waals surface area contributed by atoms with Crippen molar-refractivity contribution in [3.8, 4) is 0 Å². The van der Waals surface area contributed by atoms with Crippen molar-refractivity contribution in [1.29, 1.82) is 0 Å². The van der Waals surface area contributed by atoms with Crippen molar-refractivity contribution in [2.45, 2.75) is 0 Å². The van der Waals surface area contributed by atoms with Crippen LogP contribution in [0.3, 0.4) is 0 Å². The second-order valence-corrected chi connectivity index (χ2v) is 6.11. The van der Waals surface area contributed by atoms with Gasteiger partial charge in [-0.25, -0.2) is 4.39 Å². The number of carbonyl (C=O) groups is 2. The molecule has 2 amide bonds. The van der Waals surface area contributed by atoms with Crippen LogP contribution in [0.5, 0.6) is 0 Å². The molecular formula is C22H15FN2O3. The molecule has 0 radical (unpaired) electrons. The van der Waals surface area contributed by atoms with Gasteiger partial charge in [0.2, 0.25) is 0 Å². The van der Waals surface area contributed by atoms with Gasteiger partial charge in [-0.3, -0.25) is 9.59 Å². The zero-order valence-corrected chi connectivity index (χ0v) is 14.6. The molecule has 3 aromatic carbocycles. The first kappa shape index (κ1) is 17.5. The van der Waals surface area contributed by atoms with Gasteiger partial charge in [0.05, 0.1) is 5.56 Å². The van der Waals surface area contributed by atoms with Crippen LogP contribution in [-0.4, -0.2) is 11.8 Å². The molecule has 0 spiro atoms. The fourth-order valence-electron chi connectivity index (χ4n) is 2.77. The van der Waals surface area contributed by atoms with Gasteiger partial charge < -0.3 is 15.1 Å². The highest BCUT2D eigenvalue weighted by Gasteiger charge is 2.13. The predicted octanol–water partition coefficient (Wildman–Crippen LogP) is 5.08. The number of carbonyl (C=O) groups excluding carboxylic acids is 2. The van der Waals surface area contributed by atoms with Crippen LogP contribution in [0.2, 0.25) is 0 Å². The van der Waals surface area contributed by atoms with E-state index in [1.54, 1.807) is 42.5 Å². The number of nitrogens with one attached hydrogen (secondary N) is 2. The molecule has 28 heavy (non-hydrogen) atoms. The van der Waals surface area contributed by atoms with E-state index in [0.717, 1.165) is 5.39 Å². The quantitative estimate of drug-likeness (QED) is 0.523. The Hall–Kier alpha value is -3.93. The van der Waals surface area contributed by atoms with E-state index in [-0.39, 0.29) is 17.2 Å². The number of para-hydroxylation sites is 1. The van der Waals surface area contributed by atoms with Gasteiger partial charge in [0, 0.05) is 16.8 Å². The lowest BCUT2D eigenvalue weighted by Gasteiger charge is -2.08. The zero-order chi connectivity index (χ0) is 19.5. The van der Waals surface area contributed by atoms with E-state index < -0.39 is 11.7 Å². The van der Waals surface area contributed by atoms with Crippen molar-refractivity contribution in [1.82, 2.24) is 0 Å². The first-order valence-corrected chi connectivity index (χ1v) is 8.56. The topological polar surface area (TPSA) is 71.3 Å². The zero-order valence-electron chi connectivity index (χ0n) is 14.6. The number of amides is 2. The normalized spacial score (nSPS) is 10.6. The van der Waals surface area contributed by atoms with Gasteiger partial charge in [0.1, 0.15) is 11.4 Å². The molecule has 0 aliphatic heterocycles. The van der Waals surface area contributed by atoms with E-state index >= 15 is 0 Å². The summed E-state index contributed by atoms with van der Waals surface area (Å²) in [5, 5.41) is 6.20. The van der Waals surface area contributed by atoms with Crippen LogP contribution >= 0.6 is 0 Å². The van der Waals surface area contributed by atoms with E-state index in [1.807, 2.05) is 18.2 Å². The number of hydrogen-bond donors (Lipinski definition) is 2. The van der Waals surface area contributed by atoms with Crippen molar-refractivity contribution >= 4 is 34.2 Å². The number of furan rings is 1. The standard InChI is InChI=1S/C22H15FN2O3/c23-18-7-3-2-6-17(18)21(26)24-15-9-11-16(12-10-15)25-22(27)20-13-14-5-1-4-8-19(14)28-20/h1-13H,(H,24,26)(H,25,27). The summed E-state index contributed by atoms with van der Waals surface area (Å²) in [6.45, 7) is 0. The molecule has 5 nitrogen and oxygen atoms in total. The first-order valence-electron chi connectivity index (χ1n) is 8.56. The van der Waals surface area contributed by atoms with Crippen LogP contribution in [0.4, 0.5) is 15.8 Å². The number of anilines is 2. The monoisotopic (exact) mass is 374 g/mol. The average molecular weight is 374 g/mol. The number of halogens is 1. The van der Waals surface area contributed by atoms with E-state index in [9.17, 15) is 14.0 Å². The third kappa shape index (κ3) is 3.61. The second kappa shape index (κ2) is 7.36. The fraction of sp³-hybridized carbons (Fsp3) is 0. The highest BCUT2D eigenvalue weighted by molar-refractivity contribution is 6.06. The van der Waals surface area contributed by atoms with Crippen molar-refractivity contribution in [3.05, 3.63) is 96.0 Å². The SMILES string of the molecule is O=C(Nc1ccc(NC(=O)c2ccccc2F)cc1)c1cc2ccccc2o1. The molecule has 0 atom stereocenters. The minimum Gasteiger partial charge on any atom is -0.451 e. The molecule has 4 rings (SSSR count). The van der Waals surface area contributed by atoms with Crippen LogP contribution < -0.4 is 10.6 Å². The average Bonchev–Trinajstić information content (AvgIpc) is 3.14. The van der Waals surface area contributed by atoms with E-state index in [4.69, 9.17) is 4.42 Å². The summed E-state index contributed by atoms with van der Waals surface area (Å²) in [5.74, 6) is -1.30. The van der Waals surface area contributed by atoms with Crippen LogP contribution in [0.15, 0.2) is 83.3 Å². The minimum atomic E-state index is -0.588. The van der Waals surface area contributed by atoms with Crippen molar-refractivity contribution in [2.75, 3.05) is 10.6 Å².